The molecular formula is C9H7Cl2NOS. The highest BCUT2D eigenvalue weighted by atomic mass is 35.5. The van der Waals surface area contributed by atoms with Crippen molar-refractivity contribution >= 4 is 46.6 Å². The summed E-state index contributed by atoms with van der Waals surface area (Å²) in [4.78, 5) is 13.1. The van der Waals surface area contributed by atoms with Gasteiger partial charge in [0.05, 0.1) is 21.7 Å². The van der Waals surface area contributed by atoms with Crippen molar-refractivity contribution in [2.24, 2.45) is 0 Å². The maximum Gasteiger partial charge on any atom is 0.237 e. The van der Waals surface area contributed by atoms with Crippen LogP contribution >= 0.6 is 35.0 Å². The van der Waals surface area contributed by atoms with E-state index < -0.39 is 0 Å². The molecule has 0 saturated carbocycles. The molecule has 1 amide bonds. The summed E-state index contributed by atoms with van der Waals surface area (Å²) in [5.41, 5.74) is 0.814. The second kappa shape index (κ2) is 4.01. The predicted octanol–water partition coefficient (Wildman–Crippen LogP) is 3.03. The number of carbonyl (C=O) groups excluding carboxylic acids is 1. The molecule has 1 aliphatic heterocycles. The topological polar surface area (TPSA) is 20.3 Å². The minimum atomic E-state index is 0.119. The summed E-state index contributed by atoms with van der Waals surface area (Å²) in [6.45, 7) is 0. The molecule has 1 fully saturated rings. The summed E-state index contributed by atoms with van der Waals surface area (Å²) in [5.74, 6) is 1.35. The SMILES string of the molecule is O=C1CSCN1c1ccc(Cl)c(Cl)c1. The first-order valence-corrected chi connectivity index (χ1v) is 5.93. The number of thioether (sulfide) groups is 1. The van der Waals surface area contributed by atoms with Gasteiger partial charge in [-0.25, -0.2) is 0 Å². The van der Waals surface area contributed by atoms with Crippen LogP contribution < -0.4 is 4.90 Å². The zero-order valence-corrected chi connectivity index (χ0v) is 9.49. The lowest BCUT2D eigenvalue weighted by molar-refractivity contribution is -0.115. The van der Waals surface area contributed by atoms with E-state index in [0.717, 1.165) is 5.69 Å². The lowest BCUT2D eigenvalue weighted by atomic mass is 10.3. The van der Waals surface area contributed by atoms with Gasteiger partial charge in [-0.1, -0.05) is 23.2 Å². The van der Waals surface area contributed by atoms with E-state index in [-0.39, 0.29) is 5.91 Å². The third-order valence-electron chi connectivity index (χ3n) is 1.96. The molecule has 0 radical (unpaired) electrons. The van der Waals surface area contributed by atoms with Gasteiger partial charge < -0.3 is 4.90 Å². The van der Waals surface area contributed by atoms with Crippen molar-refractivity contribution in [3.05, 3.63) is 28.2 Å². The highest BCUT2D eigenvalue weighted by molar-refractivity contribution is 8.00. The van der Waals surface area contributed by atoms with E-state index in [4.69, 9.17) is 23.2 Å². The van der Waals surface area contributed by atoms with Gasteiger partial charge >= 0.3 is 0 Å². The number of amides is 1. The van der Waals surface area contributed by atoms with Crippen LogP contribution in [-0.4, -0.2) is 17.5 Å². The Labute approximate surface area is 96.2 Å². The van der Waals surface area contributed by atoms with Crippen molar-refractivity contribution in [3.8, 4) is 0 Å². The molecule has 1 aliphatic rings. The third kappa shape index (κ3) is 1.85. The Kier molecular flexibility index (Phi) is 2.91. The van der Waals surface area contributed by atoms with E-state index in [9.17, 15) is 4.79 Å². The molecule has 0 aromatic heterocycles. The van der Waals surface area contributed by atoms with Crippen molar-refractivity contribution in [1.29, 1.82) is 0 Å². The number of hydrogen-bond donors (Lipinski definition) is 0. The molecule has 14 heavy (non-hydrogen) atoms. The molecule has 74 valence electrons. The van der Waals surface area contributed by atoms with Crippen LogP contribution in [-0.2, 0) is 4.79 Å². The first-order chi connectivity index (χ1) is 6.68. The molecular weight excluding hydrogens is 241 g/mol. The average molecular weight is 248 g/mol. The van der Waals surface area contributed by atoms with Gasteiger partial charge in [0, 0.05) is 5.69 Å². The normalized spacial score (nSPS) is 16.4. The lowest BCUT2D eigenvalue weighted by Crippen LogP contribution is -2.24. The molecule has 0 bridgehead atoms. The Bertz CT molecular complexity index is 383. The molecule has 5 heteroatoms. The first kappa shape index (κ1) is 10.1. The van der Waals surface area contributed by atoms with Gasteiger partial charge in [0.15, 0.2) is 0 Å². The molecule has 0 spiro atoms. The van der Waals surface area contributed by atoms with E-state index in [1.807, 2.05) is 0 Å². The molecule has 2 rings (SSSR count). The van der Waals surface area contributed by atoms with Gasteiger partial charge in [0.2, 0.25) is 5.91 Å². The van der Waals surface area contributed by atoms with Crippen LogP contribution in [0.4, 0.5) is 5.69 Å². The smallest absolute Gasteiger partial charge is 0.237 e. The second-order valence-corrected chi connectivity index (χ2v) is 4.67. The van der Waals surface area contributed by atoms with Gasteiger partial charge in [0.1, 0.15) is 0 Å². The highest BCUT2D eigenvalue weighted by Gasteiger charge is 2.22. The van der Waals surface area contributed by atoms with Crippen molar-refractivity contribution < 1.29 is 4.79 Å². The van der Waals surface area contributed by atoms with Crippen molar-refractivity contribution in [3.63, 3.8) is 0 Å². The number of benzene rings is 1. The summed E-state index contributed by atoms with van der Waals surface area (Å²) in [7, 11) is 0. The van der Waals surface area contributed by atoms with Crippen molar-refractivity contribution in [2.75, 3.05) is 16.5 Å². The van der Waals surface area contributed by atoms with E-state index in [0.29, 0.717) is 21.7 Å². The molecule has 0 unspecified atom stereocenters. The van der Waals surface area contributed by atoms with Crippen LogP contribution in [0.3, 0.4) is 0 Å². The predicted molar refractivity (Wildman–Crippen MR) is 61.3 cm³/mol. The fourth-order valence-corrected chi connectivity index (χ4v) is 2.44. The summed E-state index contributed by atoms with van der Waals surface area (Å²) in [6.07, 6.45) is 0. The molecule has 0 N–H and O–H groups in total. The molecule has 1 saturated heterocycles. The zero-order valence-electron chi connectivity index (χ0n) is 7.17. The number of carbonyl (C=O) groups is 1. The summed E-state index contributed by atoms with van der Waals surface area (Å²) < 4.78 is 0. The van der Waals surface area contributed by atoms with Crippen LogP contribution in [0.2, 0.25) is 10.0 Å². The van der Waals surface area contributed by atoms with Gasteiger partial charge in [-0.2, -0.15) is 0 Å². The van der Waals surface area contributed by atoms with E-state index in [2.05, 4.69) is 0 Å². The number of hydrogen-bond acceptors (Lipinski definition) is 2. The maximum atomic E-state index is 11.4. The number of nitrogens with zero attached hydrogens (tertiary/aromatic N) is 1. The summed E-state index contributed by atoms with van der Waals surface area (Å²) in [5, 5.41) is 0.989. The maximum absolute atomic E-state index is 11.4. The lowest BCUT2D eigenvalue weighted by Gasteiger charge is -2.14. The minimum absolute atomic E-state index is 0.119. The van der Waals surface area contributed by atoms with Gasteiger partial charge in [-0.3, -0.25) is 4.79 Å². The fourth-order valence-electron chi connectivity index (χ4n) is 1.25. The van der Waals surface area contributed by atoms with Crippen molar-refractivity contribution in [1.82, 2.24) is 0 Å². The standard InChI is InChI=1S/C9H7Cl2NOS/c10-7-2-1-6(3-8(7)11)12-5-14-4-9(12)13/h1-3H,4-5H2. The Hall–Kier alpha value is -0.380. The third-order valence-corrected chi connectivity index (χ3v) is 3.59. The Morgan fingerprint density at radius 1 is 1.29 bits per heavy atom. The second-order valence-electron chi connectivity index (χ2n) is 2.90. The van der Waals surface area contributed by atoms with E-state index in [1.54, 1.807) is 34.9 Å². The fraction of sp³-hybridized carbons (Fsp3) is 0.222. The van der Waals surface area contributed by atoms with E-state index >= 15 is 0 Å². The van der Waals surface area contributed by atoms with Gasteiger partial charge in [-0.05, 0) is 18.2 Å². The molecule has 0 aliphatic carbocycles. The molecule has 1 heterocycles. The molecule has 1 aromatic carbocycles. The summed E-state index contributed by atoms with van der Waals surface area (Å²) >= 11 is 13.2. The quantitative estimate of drug-likeness (QED) is 0.761. The number of rotatable bonds is 1. The van der Waals surface area contributed by atoms with Crippen LogP contribution in [0.15, 0.2) is 18.2 Å². The number of anilines is 1. The first-order valence-electron chi connectivity index (χ1n) is 4.01. The van der Waals surface area contributed by atoms with Gasteiger partial charge in [-0.15, -0.1) is 11.8 Å². The van der Waals surface area contributed by atoms with Gasteiger partial charge in [0.25, 0.3) is 0 Å². The molecule has 0 atom stereocenters. The largest absolute Gasteiger partial charge is 0.302 e. The van der Waals surface area contributed by atoms with Crippen molar-refractivity contribution in [2.45, 2.75) is 0 Å². The highest BCUT2D eigenvalue weighted by Crippen LogP contribution is 2.30. The van der Waals surface area contributed by atoms with Crippen LogP contribution in [0.1, 0.15) is 0 Å². The summed E-state index contributed by atoms with van der Waals surface area (Å²) in [6, 6.07) is 5.22. The van der Waals surface area contributed by atoms with Crippen LogP contribution in [0.5, 0.6) is 0 Å². The zero-order chi connectivity index (χ0) is 10.1. The minimum Gasteiger partial charge on any atom is -0.302 e. The van der Waals surface area contributed by atoms with Crippen LogP contribution in [0, 0.1) is 0 Å². The monoisotopic (exact) mass is 247 g/mol. The Morgan fingerprint density at radius 2 is 2.07 bits per heavy atom. The van der Waals surface area contributed by atoms with E-state index in [1.165, 1.54) is 0 Å². The Balaban J connectivity index is 2.32. The average Bonchev–Trinajstić information content (AvgIpc) is 2.57. The molecule has 2 nitrogen and oxygen atoms in total. The number of halogens is 2. The molecule has 1 aromatic rings. The Morgan fingerprint density at radius 3 is 2.64 bits per heavy atom. The van der Waals surface area contributed by atoms with Crippen LogP contribution in [0.25, 0.3) is 0 Å².